The highest BCUT2D eigenvalue weighted by Gasteiger charge is 2.18. The largest absolute Gasteiger partial charge is 0.465 e. The van der Waals surface area contributed by atoms with Crippen LogP contribution in [0.25, 0.3) is 0 Å². The first-order valence-corrected chi connectivity index (χ1v) is 6.08. The Kier molecular flexibility index (Phi) is 4.44. The second-order valence-corrected chi connectivity index (χ2v) is 4.06. The number of carbonyl (C=O) groups excluding carboxylic acids is 2. The van der Waals surface area contributed by atoms with Crippen molar-refractivity contribution >= 4 is 11.9 Å². The minimum Gasteiger partial charge on any atom is -0.465 e. The van der Waals surface area contributed by atoms with Gasteiger partial charge in [-0.25, -0.2) is 4.79 Å². The zero-order valence-electron chi connectivity index (χ0n) is 11.0. The first kappa shape index (κ1) is 13.7. The van der Waals surface area contributed by atoms with Crippen molar-refractivity contribution in [1.29, 1.82) is 0 Å². The second-order valence-electron chi connectivity index (χ2n) is 4.06. The van der Waals surface area contributed by atoms with Gasteiger partial charge >= 0.3 is 5.97 Å². The SMILES string of the molecule is COC(=O)c1cccnc1C(=O)NCc1ccccc1. The molecular weight excluding hydrogens is 256 g/mol. The van der Waals surface area contributed by atoms with E-state index in [1.54, 1.807) is 6.07 Å². The first-order chi connectivity index (χ1) is 9.72. The molecule has 0 bridgehead atoms. The van der Waals surface area contributed by atoms with E-state index in [-0.39, 0.29) is 11.3 Å². The monoisotopic (exact) mass is 270 g/mol. The van der Waals surface area contributed by atoms with E-state index in [9.17, 15) is 9.59 Å². The number of rotatable bonds is 4. The fraction of sp³-hybridized carbons (Fsp3) is 0.133. The summed E-state index contributed by atoms with van der Waals surface area (Å²) in [6.45, 7) is 0.372. The van der Waals surface area contributed by atoms with Crippen LogP contribution in [0, 0.1) is 0 Å². The maximum atomic E-state index is 12.1. The lowest BCUT2D eigenvalue weighted by Crippen LogP contribution is -2.26. The number of amides is 1. The van der Waals surface area contributed by atoms with Gasteiger partial charge in [-0.2, -0.15) is 0 Å². The standard InChI is InChI=1S/C15H14N2O3/c1-20-15(19)12-8-5-9-16-13(12)14(18)17-10-11-6-3-2-4-7-11/h2-9H,10H2,1H3,(H,17,18). The molecule has 1 heterocycles. The van der Waals surface area contributed by atoms with Crippen molar-refractivity contribution in [2.45, 2.75) is 6.54 Å². The van der Waals surface area contributed by atoms with Crippen molar-refractivity contribution in [1.82, 2.24) is 10.3 Å². The Morgan fingerprint density at radius 3 is 2.60 bits per heavy atom. The van der Waals surface area contributed by atoms with E-state index in [1.165, 1.54) is 19.4 Å². The summed E-state index contributed by atoms with van der Waals surface area (Å²) in [5.74, 6) is -0.988. The Balaban J connectivity index is 2.12. The van der Waals surface area contributed by atoms with Crippen molar-refractivity contribution in [3.63, 3.8) is 0 Å². The van der Waals surface area contributed by atoms with Crippen LogP contribution >= 0.6 is 0 Å². The average Bonchev–Trinajstić information content (AvgIpc) is 2.52. The summed E-state index contributed by atoms with van der Waals surface area (Å²) in [4.78, 5) is 27.6. The molecule has 1 aromatic carbocycles. The Morgan fingerprint density at radius 2 is 1.90 bits per heavy atom. The number of methoxy groups -OCH3 is 1. The number of ether oxygens (including phenoxy) is 1. The third-order valence-corrected chi connectivity index (χ3v) is 2.72. The molecule has 1 amide bonds. The lowest BCUT2D eigenvalue weighted by atomic mass is 10.1. The molecule has 0 aliphatic heterocycles. The lowest BCUT2D eigenvalue weighted by molar-refractivity contribution is 0.0595. The summed E-state index contributed by atoms with van der Waals surface area (Å²) in [6.07, 6.45) is 1.46. The van der Waals surface area contributed by atoms with Crippen LogP contribution < -0.4 is 5.32 Å². The minimum absolute atomic E-state index is 0.0651. The number of esters is 1. The van der Waals surface area contributed by atoms with Crippen LogP contribution in [-0.2, 0) is 11.3 Å². The van der Waals surface area contributed by atoms with Gasteiger partial charge in [0.1, 0.15) is 5.69 Å². The number of pyridine rings is 1. The lowest BCUT2D eigenvalue weighted by Gasteiger charge is -2.07. The average molecular weight is 270 g/mol. The van der Waals surface area contributed by atoms with Crippen LogP contribution in [-0.4, -0.2) is 24.0 Å². The van der Waals surface area contributed by atoms with Gasteiger partial charge in [0, 0.05) is 12.7 Å². The van der Waals surface area contributed by atoms with E-state index in [4.69, 9.17) is 0 Å². The minimum atomic E-state index is -0.581. The molecule has 1 N–H and O–H groups in total. The fourth-order valence-electron chi connectivity index (χ4n) is 1.72. The highest BCUT2D eigenvalue weighted by molar-refractivity contribution is 6.03. The fourth-order valence-corrected chi connectivity index (χ4v) is 1.72. The van der Waals surface area contributed by atoms with E-state index in [0.29, 0.717) is 6.54 Å². The number of nitrogens with zero attached hydrogens (tertiary/aromatic N) is 1. The third kappa shape index (κ3) is 3.20. The summed E-state index contributed by atoms with van der Waals surface area (Å²) in [5.41, 5.74) is 1.19. The zero-order valence-corrected chi connectivity index (χ0v) is 11.0. The zero-order chi connectivity index (χ0) is 14.4. The second kappa shape index (κ2) is 6.47. The highest BCUT2D eigenvalue weighted by Crippen LogP contribution is 2.07. The van der Waals surface area contributed by atoms with E-state index in [1.807, 2.05) is 30.3 Å². The van der Waals surface area contributed by atoms with Crippen molar-refractivity contribution in [3.8, 4) is 0 Å². The molecule has 20 heavy (non-hydrogen) atoms. The summed E-state index contributed by atoms with van der Waals surface area (Å²) >= 11 is 0. The number of hydrogen-bond donors (Lipinski definition) is 1. The molecule has 0 radical (unpaired) electrons. The van der Waals surface area contributed by atoms with Gasteiger partial charge in [0.25, 0.3) is 5.91 Å². The van der Waals surface area contributed by atoms with Gasteiger partial charge in [-0.1, -0.05) is 30.3 Å². The van der Waals surface area contributed by atoms with Crippen molar-refractivity contribution in [2.24, 2.45) is 0 Å². The molecule has 0 spiro atoms. The summed E-state index contributed by atoms with van der Waals surface area (Å²) in [5, 5.41) is 2.73. The number of carbonyl (C=O) groups is 2. The topological polar surface area (TPSA) is 68.3 Å². The number of hydrogen-bond acceptors (Lipinski definition) is 4. The molecule has 0 aliphatic rings. The first-order valence-electron chi connectivity index (χ1n) is 6.08. The van der Waals surface area contributed by atoms with Crippen LogP contribution in [0.4, 0.5) is 0 Å². The van der Waals surface area contributed by atoms with Crippen LogP contribution in [0.15, 0.2) is 48.7 Å². The molecule has 2 rings (SSSR count). The third-order valence-electron chi connectivity index (χ3n) is 2.72. The number of benzene rings is 1. The molecule has 0 saturated heterocycles. The molecule has 0 aliphatic carbocycles. The quantitative estimate of drug-likeness (QED) is 0.860. The predicted octanol–water partition coefficient (Wildman–Crippen LogP) is 1.80. The summed E-state index contributed by atoms with van der Waals surface area (Å²) < 4.78 is 4.63. The Bertz CT molecular complexity index is 612. The molecular formula is C15H14N2O3. The molecule has 0 unspecified atom stereocenters. The van der Waals surface area contributed by atoms with Crippen molar-refractivity contribution < 1.29 is 14.3 Å². The normalized spacial score (nSPS) is 9.85. The van der Waals surface area contributed by atoms with Crippen LogP contribution in [0.3, 0.4) is 0 Å². The van der Waals surface area contributed by atoms with Gasteiger partial charge in [0.2, 0.25) is 0 Å². The molecule has 5 heteroatoms. The number of aromatic nitrogens is 1. The Hall–Kier alpha value is -2.69. The van der Waals surface area contributed by atoms with E-state index in [0.717, 1.165) is 5.56 Å². The van der Waals surface area contributed by atoms with Crippen LogP contribution in [0.1, 0.15) is 26.4 Å². The van der Waals surface area contributed by atoms with Gasteiger partial charge < -0.3 is 10.1 Å². The Labute approximate surface area is 116 Å². The maximum Gasteiger partial charge on any atom is 0.340 e. The maximum absolute atomic E-state index is 12.1. The smallest absolute Gasteiger partial charge is 0.340 e. The molecule has 0 saturated carbocycles. The summed E-state index contributed by atoms with van der Waals surface area (Å²) in [6, 6.07) is 12.6. The van der Waals surface area contributed by atoms with Gasteiger partial charge in [0.05, 0.1) is 12.7 Å². The van der Waals surface area contributed by atoms with E-state index >= 15 is 0 Å². The molecule has 2 aromatic rings. The van der Waals surface area contributed by atoms with Crippen LogP contribution in [0.2, 0.25) is 0 Å². The van der Waals surface area contributed by atoms with Gasteiger partial charge in [-0.05, 0) is 17.7 Å². The molecule has 5 nitrogen and oxygen atoms in total. The summed E-state index contributed by atoms with van der Waals surface area (Å²) in [7, 11) is 1.26. The molecule has 0 fully saturated rings. The molecule has 102 valence electrons. The van der Waals surface area contributed by atoms with Crippen molar-refractivity contribution in [2.75, 3.05) is 7.11 Å². The van der Waals surface area contributed by atoms with Gasteiger partial charge in [-0.3, -0.25) is 9.78 Å². The van der Waals surface area contributed by atoms with Crippen LogP contribution in [0.5, 0.6) is 0 Å². The molecule has 0 atom stereocenters. The van der Waals surface area contributed by atoms with Gasteiger partial charge in [-0.15, -0.1) is 0 Å². The molecule has 1 aromatic heterocycles. The van der Waals surface area contributed by atoms with Crippen molar-refractivity contribution in [3.05, 3.63) is 65.5 Å². The highest BCUT2D eigenvalue weighted by atomic mass is 16.5. The Morgan fingerprint density at radius 1 is 1.15 bits per heavy atom. The number of nitrogens with one attached hydrogen (secondary N) is 1. The predicted molar refractivity (Wildman–Crippen MR) is 73.2 cm³/mol. The van der Waals surface area contributed by atoms with Gasteiger partial charge in [0.15, 0.2) is 0 Å². The van der Waals surface area contributed by atoms with E-state index < -0.39 is 11.9 Å². The van der Waals surface area contributed by atoms with E-state index in [2.05, 4.69) is 15.0 Å².